The van der Waals surface area contributed by atoms with E-state index in [4.69, 9.17) is 0 Å². The molecule has 174 valence electrons. The Hall–Kier alpha value is -3.88. The van der Waals surface area contributed by atoms with Crippen LogP contribution < -0.4 is 5.32 Å². The van der Waals surface area contributed by atoms with Gasteiger partial charge in [-0.3, -0.25) is 9.78 Å². The molecule has 2 aromatic heterocycles. The number of carbonyl (C=O) groups is 1. The molecule has 5 rings (SSSR count). The number of aromatic nitrogens is 2. The molecule has 0 amide bonds. The van der Waals surface area contributed by atoms with Crippen LogP contribution in [0.1, 0.15) is 22.1 Å². The SMILES string of the molecule is CS(=O)(=O)c1cccc(NC(C(=O)c2nscc2-c2ccccc2)c2cccc3cnccc23)c1. The highest BCUT2D eigenvalue weighted by Gasteiger charge is 2.28. The molecule has 2 heterocycles. The number of nitrogens with zero attached hydrogens (tertiary/aromatic N) is 2. The Bertz CT molecular complexity index is 1620. The fraction of sp³-hybridized carbons (Fsp3) is 0.0741. The van der Waals surface area contributed by atoms with Crippen LogP contribution >= 0.6 is 11.5 Å². The monoisotopic (exact) mass is 499 g/mol. The van der Waals surface area contributed by atoms with Gasteiger partial charge in [-0.2, -0.15) is 4.37 Å². The van der Waals surface area contributed by atoms with Gasteiger partial charge in [-0.05, 0) is 52.3 Å². The molecular weight excluding hydrogens is 478 g/mol. The summed E-state index contributed by atoms with van der Waals surface area (Å²) in [5.74, 6) is -0.209. The summed E-state index contributed by atoms with van der Waals surface area (Å²) in [4.78, 5) is 18.5. The van der Waals surface area contributed by atoms with E-state index in [0.29, 0.717) is 11.4 Å². The molecule has 5 aromatic rings. The zero-order chi connectivity index (χ0) is 24.4. The third-order valence-electron chi connectivity index (χ3n) is 5.75. The summed E-state index contributed by atoms with van der Waals surface area (Å²) in [7, 11) is -3.41. The summed E-state index contributed by atoms with van der Waals surface area (Å²) in [6.07, 6.45) is 4.60. The van der Waals surface area contributed by atoms with E-state index in [1.807, 2.05) is 60.0 Å². The minimum absolute atomic E-state index is 0.175. The first-order chi connectivity index (χ1) is 16.9. The average Bonchev–Trinajstić information content (AvgIpc) is 3.37. The lowest BCUT2D eigenvalue weighted by Crippen LogP contribution is -2.22. The predicted octanol–water partition coefficient (Wildman–Crippen LogP) is 5.80. The van der Waals surface area contributed by atoms with Crippen LogP contribution in [0, 0.1) is 0 Å². The fourth-order valence-corrected chi connectivity index (χ4v) is 5.41. The van der Waals surface area contributed by atoms with E-state index in [-0.39, 0.29) is 10.7 Å². The van der Waals surface area contributed by atoms with Crippen molar-refractivity contribution < 1.29 is 13.2 Å². The number of pyridine rings is 1. The number of benzene rings is 3. The molecule has 6 nitrogen and oxygen atoms in total. The molecule has 0 aliphatic rings. The van der Waals surface area contributed by atoms with Crippen LogP contribution in [0.2, 0.25) is 0 Å². The predicted molar refractivity (Wildman–Crippen MR) is 140 cm³/mol. The van der Waals surface area contributed by atoms with Crippen molar-refractivity contribution in [2.24, 2.45) is 0 Å². The number of hydrogen-bond donors (Lipinski definition) is 1. The normalized spacial score (nSPS) is 12.4. The van der Waals surface area contributed by atoms with E-state index in [1.54, 1.807) is 30.6 Å². The molecule has 3 aromatic carbocycles. The molecule has 1 N–H and O–H groups in total. The molecular formula is C27H21N3O3S2. The molecule has 0 aliphatic carbocycles. The van der Waals surface area contributed by atoms with Crippen LogP contribution in [-0.2, 0) is 9.84 Å². The van der Waals surface area contributed by atoms with Gasteiger partial charge in [0.25, 0.3) is 0 Å². The largest absolute Gasteiger partial charge is 0.371 e. The van der Waals surface area contributed by atoms with Crippen molar-refractivity contribution in [1.82, 2.24) is 9.36 Å². The first-order valence-corrected chi connectivity index (χ1v) is 13.6. The van der Waals surface area contributed by atoms with Crippen molar-refractivity contribution in [2.45, 2.75) is 10.9 Å². The molecule has 0 saturated carbocycles. The number of fused-ring (bicyclic) bond motifs is 1. The zero-order valence-corrected chi connectivity index (χ0v) is 20.4. The van der Waals surface area contributed by atoms with E-state index in [0.717, 1.165) is 33.7 Å². The molecule has 35 heavy (non-hydrogen) atoms. The van der Waals surface area contributed by atoms with Crippen LogP contribution in [-0.4, -0.2) is 29.8 Å². The van der Waals surface area contributed by atoms with Crippen molar-refractivity contribution in [1.29, 1.82) is 0 Å². The smallest absolute Gasteiger partial charge is 0.209 e. The van der Waals surface area contributed by atoms with Gasteiger partial charge in [-0.15, -0.1) is 0 Å². The number of Topliss-reactive ketones (excluding diaryl/α,β-unsaturated/α-hetero) is 1. The highest BCUT2D eigenvalue weighted by atomic mass is 32.2. The Kier molecular flexibility index (Phi) is 6.15. The lowest BCUT2D eigenvalue weighted by molar-refractivity contribution is 0.0967. The molecule has 8 heteroatoms. The molecule has 1 unspecified atom stereocenters. The lowest BCUT2D eigenvalue weighted by Gasteiger charge is -2.21. The Morgan fingerprint density at radius 3 is 2.57 bits per heavy atom. The zero-order valence-electron chi connectivity index (χ0n) is 18.8. The summed E-state index contributed by atoms with van der Waals surface area (Å²) in [5.41, 5.74) is 3.31. The molecule has 0 saturated heterocycles. The first kappa shape index (κ1) is 22.9. The number of hydrogen-bond acceptors (Lipinski definition) is 7. The second kappa shape index (κ2) is 9.40. The number of anilines is 1. The van der Waals surface area contributed by atoms with Gasteiger partial charge in [-0.1, -0.05) is 54.6 Å². The maximum atomic E-state index is 14.1. The third-order valence-corrected chi connectivity index (χ3v) is 7.49. The van der Waals surface area contributed by atoms with Gasteiger partial charge in [0, 0.05) is 40.7 Å². The van der Waals surface area contributed by atoms with Crippen molar-refractivity contribution in [3.8, 4) is 11.1 Å². The number of ketones is 1. The highest BCUT2D eigenvalue weighted by Crippen LogP contribution is 2.33. The van der Waals surface area contributed by atoms with E-state index >= 15 is 0 Å². The Morgan fingerprint density at radius 1 is 0.971 bits per heavy atom. The fourth-order valence-electron chi connectivity index (χ4n) is 4.04. The quantitative estimate of drug-likeness (QED) is 0.285. The minimum atomic E-state index is -3.41. The molecule has 0 bridgehead atoms. The summed E-state index contributed by atoms with van der Waals surface area (Å²) in [6.45, 7) is 0. The van der Waals surface area contributed by atoms with Crippen molar-refractivity contribution >= 4 is 43.6 Å². The first-order valence-electron chi connectivity index (χ1n) is 10.8. The highest BCUT2D eigenvalue weighted by molar-refractivity contribution is 7.90. The molecule has 0 radical (unpaired) electrons. The Labute approximate surface area is 207 Å². The molecule has 0 fully saturated rings. The summed E-state index contributed by atoms with van der Waals surface area (Å²) in [5, 5.41) is 6.95. The van der Waals surface area contributed by atoms with Crippen LogP contribution in [0.4, 0.5) is 5.69 Å². The van der Waals surface area contributed by atoms with E-state index in [9.17, 15) is 13.2 Å². The Morgan fingerprint density at radius 2 is 1.77 bits per heavy atom. The van der Waals surface area contributed by atoms with Gasteiger partial charge in [0.05, 0.1) is 4.90 Å². The maximum absolute atomic E-state index is 14.1. The van der Waals surface area contributed by atoms with E-state index in [2.05, 4.69) is 14.7 Å². The second-order valence-electron chi connectivity index (χ2n) is 8.13. The number of carbonyl (C=O) groups excluding carboxylic acids is 1. The van der Waals surface area contributed by atoms with Crippen LogP contribution in [0.5, 0.6) is 0 Å². The van der Waals surface area contributed by atoms with Crippen LogP contribution in [0.3, 0.4) is 0 Å². The van der Waals surface area contributed by atoms with Gasteiger partial charge in [0.15, 0.2) is 9.84 Å². The van der Waals surface area contributed by atoms with Gasteiger partial charge in [0.1, 0.15) is 11.7 Å². The summed E-state index contributed by atoms with van der Waals surface area (Å²) < 4.78 is 28.7. The van der Waals surface area contributed by atoms with Crippen LogP contribution in [0.15, 0.2) is 102 Å². The van der Waals surface area contributed by atoms with Crippen molar-refractivity contribution in [2.75, 3.05) is 11.6 Å². The lowest BCUT2D eigenvalue weighted by atomic mass is 9.93. The second-order valence-corrected chi connectivity index (χ2v) is 10.8. The van der Waals surface area contributed by atoms with Crippen molar-refractivity contribution in [3.05, 3.63) is 108 Å². The standard InChI is InChI=1S/C27H21N3O3S2/c1-35(32,33)21-11-6-10-20(15-21)29-25(23-12-5-9-19-16-28-14-13-22(19)23)27(31)26-24(17-34-30-26)18-7-3-2-4-8-18/h2-17,25,29H,1H3. The number of nitrogens with one attached hydrogen (secondary N) is 1. The maximum Gasteiger partial charge on any atom is 0.209 e. The van der Waals surface area contributed by atoms with E-state index in [1.165, 1.54) is 17.6 Å². The average molecular weight is 500 g/mol. The topological polar surface area (TPSA) is 89.0 Å². The number of sulfone groups is 1. The van der Waals surface area contributed by atoms with E-state index < -0.39 is 15.9 Å². The molecule has 0 spiro atoms. The molecule has 0 aliphatic heterocycles. The van der Waals surface area contributed by atoms with Crippen molar-refractivity contribution in [3.63, 3.8) is 0 Å². The minimum Gasteiger partial charge on any atom is -0.371 e. The van der Waals surface area contributed by atoms with Gasteiger partial charge in [0.2, 0.25) is 5.78 Å². The summed E-state index contributed by atoms with van der Waals surface area (Å²) >= 11 is 1.23. The van der Waals surface area contributed by atoms with Gasteiger partial charge >= 0.3 is 0 Å². The summed E-state index contributed by atoms with van der Waals surface area (Å²) in [6, 6.07) is 22.9. The number of rotatable bonds is 7. The van der Waals surface area contributed by atoms with Gasteiger partial charge in [-0.25, -0.2) is 8.42 Å². The molecule has 1 atom stereocenters. The Balaban J connectivity index is 1.64. The van der Waals surface area contributed by atoms with Gasteiger partial charge < -0.3 is 5.32 Å². The van der Waals surface area contributed by atoms with Crippen LogP contribution in [0.25, 0.3) is 21.9 Å². The third kappa shape index (κ3) is 4.71.